The summed E-state index contributed by atoms with van der Waals surface area (Å²) in [5, 5.41) is 5.45. The van der Waals surface area contributed by atoms with Crippen LogP contribution in [0.15, 0.2) is 48.5 Å². The summed E-state index contributed by atoms with van der Waals surface area (Å²) >= 11 is 0. The number of amides is 2. The third kappa shape index (κ3) is 7.54. The monoisotopic (exact) mass is 463 g/mol. The van der Waals surface area contributed by atoms with E-state index < -0.39 is 10.0 Å². The van der Waals surface area contributed by atoms with Gasteiger partial charge in [0.15, 0.2) is 0 Å². The zero-order chi connectivity index (χ0) is 23.6. The highest BCUT2D eigenvalue weighted by Crippen LogP contribution is 2.23. The summed E-state index contributed by atoms with van der Waals surface area (Å²) in [5.41, 5.74) is 1.19. The predicted octanol–water partition coefficient (Wildman–Crippen LogP) is 2.26. The molecule has 32 heavy (non-hydrogen) atoms. The number of para-hydroxylation sites is 1. The highest BCUT2D eigenvalue weighted by molar-refractivity contribution is 7.92. The molecule has 0 aromatic heterocycles. The lowest BCUT2D eigenvalue weighted by molar-refractivity contribution is -0.116. The van der Waals surface area contributed by atoms with Crippen molar-refractivity contribution >= 4 is 33.2 Å². The lowest BCUT2D eigenvalue weighted by Gasteiger charge is -2.22. The van der Waals surface area contributed by atoms with Crippen LogP contribution in [0.1, 0.15) is 23.2 Å². The molecule has 0 bridgehead atoms. The van der Waals surface area contributed by atoms with E-state index >= 15 is 0 Å². The number of nitrogens with one attached hydrogen (secondary N) is 2. The van der Waals surface area contributed by atoms with E-state index in [9.17, 15) is 18.0 Å². The molecule has 0 radical (unpaired) electrons. The van der Waals surface area contributed by atoms with E-state index in [1.54, 1.807) is 55.6 Å². The molecule has 9 nitrogen and oxygen atoms in total. The fraction of sp³-hybridized carbons (Fsp3) is 0.364. The van der Waals surface area contributed by atoms with E-state index in [0.717, 1.165) is 6.26 Å². The lowest BCUT2D eigenvalue weighted by Crippen LogP contribution is -2.31. The van der Waals surface area contributed by atoms with Gasteiger partial charge in [0.25, 0.3) is 5.91 Å². The molecule has 0 heterocycles. The van der Waals surface area contributed by atoms with E-state index in [-0.39, 0.29) is 31.2 Å². The van der Waals surface area contributed by atoms with Gasteiger partial charge < -0.3 is 20.1 Å². The van der Waals surface area contributed by atoms with Crippen molar-refractivity contribution in [3.05, 3.63) is 54.1 Å². The van der Waals surface area contributed by atoms with Crippen molar-refractivity contribution in [1.82, 2.24) is 5.32 Å². The summed E-state index contributed by atoms with van der Waals surface area (Å²) in [6.07, 6.45) is 1.49. The molecule has 2 aromatic carbocycles. The second-order valence-corrected chi connectivity index (χ2v) is 8.89. The van der Waals surface area contributed by atoms with Crippen molar-refractivity contribution in [1.29, 1.82) is 0 Å². The molecule has 0 aliphatic rings. The Morgan fingerprint density at radius 1 is 1.06 bits per heavy atom. The van der Waals surface area contributed by atoms with Gasteiger partial charge in [0.2, 0.25) is 15.9 Å². The van der Waals surface area contributed by atoms with Crippen LogP contribution < -0.4 is 19.7 Å². The number of hydrogen-bond acceptors (Lipinski definition) is 6. The van der Waals surface area contributed by atoms with Crippen molar-refractivity contribution in [3.63, 3.8) is 0 Å². The van der Waals surface area contributed by atoms with E-state index in [1.165, 1.54) is 11.4 Å². The second kappa shape index (κ2) is 12.1. The maximum atomic E-state index is 12.5. The summed E-state index contributed by atoms with van der Waals surface area (Å²) in [7, 11) is -0.501. The van der Waals surface area contributed by atoms with Crippen LogP contribution in [-0.2, 0) is 19.6 Å². The van der Waals surface area contributed by atoms with Gasteiger partial charge in [-0.05, 0) is 30.7 Å². The molecule has 10 heteroatoms. The molecular formula is C22H29N3O6S. The van der Waals surface area contributed by atoms with E-state index in [4.69, 9.17) is 9.47 Å². The molecule has 0 saturated heterocycles. The molecule has 2 amide bonds. The topological polar surface area (TPSA) is 114 Å². The Morgan fingerprint density at radius 3 is 2.50 bits per heavy atom. The maximum absolute atomic E-state index is 12.5. The molecule has 0 aliphatic heterocycles. The largest absolute Gasteiger partial charge is 0.497 e. The van der Waals surface area contributed by atoms with Gasteiger partial charge in [0.05, 0.1) is 36.9 Å². The Hall–Kier alpha value is -3.11. The van der Waals surface area contributed by atoms with Crippen molar-refractivity contribution < 1.29 is 27.5 Å². The number of methoxy groups -OCH3 is 2. The minimum Gasteiger partial charge on any atom is -0.497 e. The lowest BCUT2D eigenvalue weighted by atomic mass is 10.1. The van der Waals surface area contributed by atoms with Crippen LogP contribution in [0.3, 0.4) is 0 Å². The average Bonchev–Trinajstić information content (AvgIpc) is 2.76. The van der Waals surface area contributed by atoms with Gasteiger partial charge in [-0.25, -0.2) is 8.42 Å². The number of ether oxygens (including phenoxy) is 2. The summed E-state index contributed by atoms with van der Waals surface area (Å²) in [5.74, 6) is -0.102. The molecular weight excluding hydrogens is 434 g/mol. The fourth-order valence-electron chi connectivity index (χ4n) is 3.00. The number of rotatable bonds is 12. The quantitative estimate of drug-likeness (QED) is 0.467. The molecule has 0 fully saturated rings. The fourth-order valence-corrected chi connectivity index (χ4v) is 3.96. The van der Waals surface area contributed by atoms with Crippen LogP contribution in [0.2, 0.25) is 0 Å². The standard InChI is InChI=1S/C22H29N3O6S/c1-30-15-13-23-22(27)19-10-4-5-11-20(19)24-21(26)12-7-14-25(32(3,28)29)17-8-6-9-18(16-17)31-2/h4-6,8-11,16H,7,12-15H2,1-3H3,(H,23,27)(H,24,26). The van der Waals surface area contributed by atoms with E-state index in [0.29, 0.717) is 35.8 Å². The van der Waals surface area contributed by atoms with Crippen molar-refractivity contribution in [3.8, 4) is 5.75 Å². The van der Waals surface area contributed by atoms with Gasteiger partial charge in [-0.15, -0.1) is 0 Å². The predicted molar refractivity (Wildman–Crippen MR) is 124 cm³/mol. The zero-order valence-electron chi connectivity index (χ0n) is 18.5. The number of carbonyl (C=O) groups excluding carboxylic acids is 2. The number of hydrogen-bond donors (Lipinski definition) is 2. The van der Waals surface area contributed by atoms with Gasteiger partial charge in [0, 0.05) is 32.7 Å². The molecule has 2 aromatic rings. The Balaban J connectivity index is 1.99. The normalized spacial score (nSPS) is 11.0. The number of anilines is 2. The Morgan fingerprint density at radius 2 is 1.81 bits per heavy atom. The summed E-state index contributed by atoms with van der Waals surface area (Å²) in [6, 6.07) is 13.4. The van der Waals surface area contributed by atoms with Gasteiger partial charge in [-0.2, -0.15) is 0 Å². The first-order chi connectivity index (χ1) is 15.3. The van der Waals surface area contributed by atoms with Crippen LogP contribution in [0.4, 0.5) is 11.4 Å². The van der Waals surface area contributed by atoms with Crippen molar-refractivity contribution in [2.45, 2.75) is 12.8 Å². The summed E-state index contributed by atoms with van der Waals surface area (Å²) < 4.78 is 35.8. The highest BCUT2D eigenvalue weighted by Gasteiger charge is 2.19. The minimum atomic E-state index is -3.55. The van der Waals surface area contributed by atoms with Crippen LogP contribution in [-0.4, -0.2) is 60.4 Å². The summed E-state index contributed by atoms with van der Waals surface area (Å²) in [6.45, 7) is 0.853. The van der Waals surface area contributed by atoms with Crippen molar-refractivity contribution in [2.75, 3.05) is 49.8 Å². The number of benzene rings is 2. The second-order valence-electron chi connectivity index (χ2n) is 6.98. The molecule has 174 valence electrons. The maximum Gasteiger partial charge on any atom is 0.253 e. The third-order valence-corrected chi connectivity index (χ3v) is 5.74. The van der Waals surface area contributed by atoms with E-state index in [1.807, 2.05) is 0 Å². The molecule has 0 saturated carbocycles. The first kappa shape index (κ1) is 25.2. The molecule has 0 unspecified atom stereocenters. The van der Waals surface area contributed by atoms with Gasteiger partial charge in [0.1, 0.15) is 5.75 Å². The molecule has 2 N–H and O–H groups in total. The van der Waals surface area contributed by atoms with Crippen LogP contribution in [0.5, 0.6) is 5.75 Å². The van der Waals surface area contributed by atoms with Crippen LogP contribution >= 0.6 is 0 Å². The van der Waals surface area contributed by atoms with Crippen LogP contribution in [0, 0.1) is 0 Å². The number of carbonyl (C=O) groups is 2. The first-order valence-electron chi connectivity index (χ1n) is 10.0. The van der Waals surface area contributed by atoms with Gasteiger partial charge in [-0.3, -0.25) is 13.9 Å². The zero-order valence-corrected chi connectivity index (χ0v) is 19.3. The minimum absolute atomic E-state index is 0.0790. The molecule has 0 aliphatic carbocycles. The Labute approximate surface area is 188 Å². The van der Waals surface area contributed by atoms with Gasteiger partial charge in [-0.1, -0.05) is 18.2 Å². The molecule has 0 atom stereocenters. The first-order valence-corrected chi connectivity index (χ1v) is 11.9. The summed E-state index contributed by atoms with van der Waals surface area (Å²) in [4.78, 5) is 24.8. The Bertz CT molecular complexity index is 1030. The average molecular weight is 464 g/mol. The SMILES string of the molecule is COCCNC(=O)c1ccccc1NC(=O)CCCN(c1cccc(OC)c1)S(C)(=O)=O. The number of nitrogens with zero attached hydrogens (tertiary/aromatic N) is 1. The molecule has 2 rings (SSSR count). The van der Waals surface area contributed by atoms with Crippen LogP contribution in [0.25, 0.3) is 0 Å². The Kier molecular flexibility index (Phi) is 9.48. The smallest absolute Gasteiger partial charge is 0.253 e. The number of sulfonamides is 1. The molecule has 0 spiro atoms. The van der Waals surface area contributed by atoms with Gasteiger partial charge >= 0.3 is 0 Å². The van der Waals surface area contributed by atoms with Crippen molar-refractivity contribution in [2.24, 2.45) is 0 Å². The third-order valence-electron chi connectivity index (χ3n) is 4.54. The highest BCUT2D eigenvalue weighted by atomic mass is 32.2. The van der Waals surface area contributed by atoms with E-state index in [2.05, 4.69) is 10.6 Å².